The second kappa shape index (κ2) is 33.0. The van der Waals surface area contributed by atoms with Crippen LogP contribution in [-0.4, -0.2) is 127 Å². The van der Waals surface area contributed by atoms with Crippen molar-refractivity contribution in [2.75, 3.05) is 92.4 Å². The van der Waals surface area contributed by atoms with E-state index in [-0.39, 0.29) is 50.5 Å². The van der Waals surface area contributed by atoms with Gasteiger partial charge in [-0.2, -0.15) is 0 Å². The van der Waals surface area contributed by atoms with E-state index >= 15 is 0 Å². The fraction of sp³-hybridized carbons (Fsp3) is 0.909. The number of ether oxygens (including phenoxy) is 6. The van der Waals surface area contributed by atoms with E-state index in [4.69, 9.17) is 33.5 Å². The van der Waals surface area contributed by atoms with Crippen LogP contribution in [0.3, 0.4) is 0 Å². The zero-order valence-electron chi connectivity index (χ0n) is 29.1. The van der Waals surface area contributed by atoms with Gasteiger partial charge in [0.05, 0.1) is 79.3 Å². The first-order valence-electron chi connectivity index (χ1n) is 17.3. The molecule has 0 saturated carbocycles. The molecule has 13 nitrogen and oxygen atoms in total. The number of nitrogens with one attached hydrogen (secondary N) is 3. The maximum absolute atomic E-state index is 13.1. The fourth-order valence-electron chi connectivity index (χ4n) is 4.38. The molecule has 3 atom stereocenters. The molecule has 0 radical (unpaired) electrons. The highest BCUT2D eigenvalue weighted by Gasteiger charge is 2.26. The van der Waals surface area contributed by atoms with E-state index in [0.717, 1.165) is 25.9 Å². The maximum Gasteiger partial charge on any atom is 0.243 e. The van der Waals surface area contributed by atoms with Crippen LogP contribution in [0.4, 0.5) is 0 Å². The average molecular weight is 664 g/mol. The van der Waals surface area contributed by atoms with Crippen LogP contribution in [0.15, 0.2) is 0 Å². The Balaban J connectivity index is 4.18. The summed E-state index contributed by atoms with van der Waals surface area (Å²) in [6.07, 6.45) is 6.90. The van der Waals surface area contributed by atoms with Gasteiger partial charge in [0.25, 0.3) is 0 Å². The van der Waals surface area contributed by atoms with E-state index in [1.54, 1.807) is 0 Å². The third kappa shape index (κ3) is 27.3. The molecule has 0 fully saturated rings. The molecule has 0 bridgehead atoms. The monoisotopic (exact) mass is 663 g/mol. The van der Waals surface area contributed by atoms with E-state index < -0.39 is 12.1 Å². The van der Waals surface area contributed by atoms with Crippen molar-refractivity contribution in [1.29, 1.82) is 0 Å². The van der Waals surface area contributed by atoms with Crippen LogP contribution in [0.1, 0.15) is 85.5 Å². The minimum atomic E-state index is -0.736. The number of carbonyl (C=O) groups excluding carboxylic acids is 3. The van der Waals surface area contributed by atoms with Crippen molar-refractivity contribution in [2.24, 2.45) is 5.92 Å². The van der Waals surface area contributed by atoms with Crippen LogP contribution in [0.2, 0.25) is 0 Å². The lowest BCUT2D eigenvalue weighted by molar-refractivity contribution is -0.132. The van der Waals surface area contributed by atoms with Gasteiger partial charge >= 0.3 is 0 Å². The quantitative estimate of drug-likeness (QED) is 0.0752. The minimum absolute atomic E-state index is 0.0404. The first-order valence-corrected chi connectivity index (χ1v) is 17.3. The van der Waals surface area contributed by atoms with Crippen molar-refractivity contribution in [3.05, 3.63) is 0 Å². The topological polar surface area (TPSA) is 163 Å². The summed E-state index contributed by atoms with van der Waals surface area (Å²) in [4.78, 5) is 38.4. The van der Waals surface area contributed by atoms with Crippen LogP contribution < -0.4 is 16.0 Å². The molecule has 272 valence electrons. The molecular weight excluding hydrogens is 598 g/mol. The first kappa shape index (κ1) is 44.1. The SMILES string of the molecule is CCCCC(NC(=O)CCOCCOCCOCCOCCC(C)CCC)C(=O)NC(CCC)C(=O)NCCOCCOCCO. The van der Waals surface area contributed by atoms with E-state index in [0.29, 0.717) is 84.6 Å². The zero-order chi connectivity index (χ0) is 34.1. The predicted molar refractivity (Wildman–Crippen MR) is 177 cm³/mol. The zero-order valence-corrected chi connectivity index (χ0v) is 29.1. The van der Waals surface area contributed by atoms with Crippen LogP contribution in [-0.2, 0) is 42.8 Å². The highest BCUT2D eigenvalue weighted by atomic mass is 16.6. The molecule has 0 rings (SSSR count). The number of aliphatic hydroxyl groups excluding tert-OH is 1. The molecule has 46 heavy (non-hydrogen) atoms. The molecule has 0 aliphatic carbocycles. The summed E-state index contributed by atoms with van der Waals surface area (Å²) in [5, 5.41) is 17.1. The van der Waals surface area contributed by atoms with Crippen molar-refractivity contribution in [3.8, 4) is 0 Å². The first-order chi connectivity index (χ1) is 22.4. The molecule has 0 aliphatic rings. The van der Waals surface area contributed by atoms with E-state index in [1.807, 2.05) is 13.8 Å². The Morgan fingerprint density at radius 2 is 1.09 bits per heavy atom. The third-order valence-corrected chi connectivity index (χ3v) is 6.99. The molecule has 0 aromatic carbocycles. The molecule has 4 N–H and O–H groups in total. The molecule has 0 aromatic rings. The number of amides is 3. The molecule has 13 heteroatoms. The second-order valence-corrected chi connectivity index (χ2v) is 11.2. The Labute approximate surface area is 277 Å². The summed E-state index contributed by atoms with van der Waals surface area (Å²) in [7, 11) is 0. The van der Waals surface area contributed by atoms with Gasteiger partial charge in [-0.3, -0.25) is 14.4 Å². The van der Waals surface area contributed by atoms with Gasteiger partial charge in [0.2, 0.25) is 17.7 Å². The number of hydrogen-bond donors (Lipinski definition) is 4. The number of rotatable bonds is 34. The summed E-state index contributed by atoms with van der Waals surface area (Å²) in [5.41, 5.74) is 0. The largest absolute Gasteiger partial charge is 0.394 e. The third-order valence-electron chi connectivity index (χ3n) is 6.99. The van der Waals surface area contributed by atoms with Crippen LogP contribution in [0, 0.1) is 5.92 Å². The van der Waals surface area contributed by atoms with E-state index in [2.05, 4.69) is 29.8 Å². The maximum atomic E-state index is 13.1. The van der Waals surface area contributed by atoms with Gasteiger partial charge in [-0.15, -0.1) is 0 Å². The number of aliphatic hydroxyl groups is 1. The molecule has 0 aromatic heterocycles. The summed E-state index contributed by atoms with van der Waals surface area (Å²) in [5.74, 6) is -0.264. The smallest absolute Gasteiger partial charge is 0.243 e. The van der Waals surface area contributed by atoms with Crippen molar-refractivity contribution in [2.45, 2.75) is 97.6 Å². The highest BCUT2D eigenvalue weighted by Crippen LogP contribution is 2.09. The van der Waals surface area contributed by atoms with Gasteiger partial charge in [-0.05, 0) is 25.2 Å². The van der Waals surface area contributed by atoms with Crippen LogP contribution in [0.25, 0.3) is 0 Å². The van der Waals surface area contributed by atoms with Gasteiger partial charge in [0.15, 0.2) is 0 Å². The second-order valence-electron chi connectivity index (χ2n) is 11.2. The normalized spacial score (nSPS) is 13.2. The van der Waals surface area contributed by atoms with Crippen LogP contribution in [0.5, 0.6) is 0 Å². The summed E-state index contributed by atoms with van der Waals surface area (Å²) in [6, 6.07) is -1.45. The Hall–Kier alpha value is -1.87. The summed E-state index contributed by atoms with van der Waals surface area (Å²) in [6.45, 7) is 13.7. The summed E-state index contributed by atoms with van der Waals surface area (Å²) < 4.78 is 32.6. The lowest BCUT2D eigenvalue weighted by Crippen LogP contribution is -2.54. The van der Waals surface area contributed by atoms with Gasteiger partial charge in [0.1, 0.15) is 12.1 Å². The van der Waals surface area contributed by atoms with Crippen LogP contribution >= 0.6 is 0 Å². The average Bonchev–Trinajstić information content (AvgIpc) is 3.04. The number of unbranched alkanes of at least 4 members (excludes halogenated alkanes) is 1. The Kier molecular flexibility index (Phi) is 31.7. The van der Waals surface area contributed by atoms with Gasteiger partial charge in [-0.1, -0.05) is 59.8 Å². The number of carbonyl (C=O) groups is 3. The Morgan fingerprint density at radius 1 is 0.565 bits per heavy atom. The van der Waals surface area contributed by atoms with Crippen molar-refractivity contribution in [1.82, 2.24) is 16.0 Å². The van der Waals surface area contributed by atoms with Gasteiger partial charge in [0, 0.05) is 19.6 Å². The standard InChI is InChI=1S/C33H65N3O10/c1-5-8-11-30(33(40)36-29(10-7-3)32(39)34-14-18-43-22-23-44-19-15-37)35-31(38)13-17-42-21-25-46-27-26-45-24-20-41-16-12-28(4)9-6-2/h28-30,37H,5-27H2,1-4H3,(H,34,39)(H,35,38)(H,36,40). The van der Waals surface area contributed by atoms with Crippen molar-refractivity contribution in [3.63, 3.8) is 0 Å². The molecule has 0 aliphatic heterocycles. The highest BCUT2D eigenvalue weighted by molar-refractivity contribution is 5.92. The Morgan fingerprint density at radius 3 is 1.65 bits per heavy atom. The molecule has 3 amide bonds. The van der Waals surface area contributed by atoms with Gasteiger partial charge in [-0.25, -0.2) is 0 Å². The van der Waals surface area contributed by atoms with Gasteiger partial charge < -0.3 is 49.5 Å². The van der Waals surface area contributed by atoms with Crippen molar-refractivity contribution >= 4 is 17.7 Å². The minimum Gasteiger partial charge on any atom is -0.394 e. The molecule has 0 spiro atoms. The summed E-state index contributed by atoms with van der Waals surface area (Å²) >= 11 is 0. The Bertz CT molecular complexity index is 732. The lowest BCUT2D eigenvalue weighted by atomic mass is 10.0. The predicted octanol–water partition coefficient (Wildman–Crippen LogP) is 2.37. The molecule has 0 heterocycles. The van der Waals surface area contributed by atoms with Crippen molar-refractivity contribution < 1.29 is 47.9 Å². The lowest BCUT2D eigenvalue weighted by Gasteiger charge is -2.23. The van der Waals surface area contributed by atoms with E-state index in [9.17, 15) is 14.4 Å². The van der Waals surface area contributed by atoms with E-state index in [1.165, 1.54) is 12.8 Å². The fourth-order valence-corrected chi connectivity index (χ4v) is 4.38. The molecular formula is C33H65N3O10. The molecule has 3 unspecified atom stereocenters. The number of hydrogen-bond acceptors (Lipinski definition) is 10. The molecule has 0 saturated heterocycles.